The molecule has 0 spiro atoms. The van der Waals surface area contributed by atoms with Crippen molar-refractivity contribution in [1.29, 1.82) is 0 Å². The number of furan rings is 1. The summed E-state index contributed by atoms with van der Waals surface area (Å²) in [6.07, 6.45) is 0. The van der Waals surface area contributed by atoms with Crippen LogP contribution in [-0.2, 0) is 0 Å². The number of hydrogen-bond acceptors (Lipinski definition) is 3. The van der Waals surface area contributed by atoms with Crippen LogP contribution in [0.1, 0.15) is 11.4 Å². The van der Waals surface area contributed by atoms with Gasteiger partial charge in [0.1, 0.15) is 22.9 Å². The second-order valence-corrected chi connectivity index (χ2v) is 4.42. The van der Waals surface area contributed by atoms with E-state index in [-0.39, 0.29) is 11.4 Å². The van der Waals surface area contributed by atoms with Crippen molar-refractivity contribution in [3.63, 3.8) is 0 Å². The molecular formula is C14H11FN2O2. The number of halogens is 1. The second kappa shape index (κ2) is 4.05. The maximum Gasteiger partial charge on any atom is 0.254 e. The molecule has 0 amide bonds. The number of hydrogen-bond donors (Lipinski definition) is 1. The molecule has 0 aliphatic rings. The van der Waals surface area contributed by atoms with Gasteiger partial charge in [0.15, 0.2) is 5.76 Å². The summed E-state index contributed by atoms with van der Waals surface area (Å²) >= 11 is 0. The Morgan fingerprint density at radius 3 is 2.84 bits per heavy atom. The van der Waals surface area contributed by atoms with Gasteiger partial charge < -0.3 is 9.40 Å². The molecule has 0 saturated carbocycles. The Labute approximate surface area is 107 Å². The molecule has 3 rings (SSSR count). The van der Waals surface area contributed by atoms with Crippen LogP contribution < -0.4 is 5.56 Å². The highest BCUT2D eigenvalue weighted by atomic mass is 19.1. The summed E-state index contributed by atoms with van der Waals surface area (Å²) in [5.41, 5.74) is 1.33. The fraction of sp³-hybridized carbons (Fsp3) is 0.143. The molecule has 0 atom stereocenters. The molecule has 2 aromatic heterocycles. The standard InChI is InChI=1S/C14H11FN2O2/c1-7-13(16-8(2)17-14(7)18)12-6-9-5-10(15)3-4-11(9)19-12/h3-6H,1-2H3,(H,16,17,18). The lowest BCUT2D eigenvalue weighted by Gasteiger charge is -2.01. The van der Waals surface area contributed by atoms with Crippen LogP contribution in [0.2, 0.25) is 0 Å². The van der Waals surface area contributed by atoms with Crippen LogP contribution >= 0.6 is 0 Å². The number of nitrogens with zero attached hydrogens (tertiary/aromatic N) is 1. The fourth-order valence-electron chi connectivity index (χ4n) is 2.02. The molecule has 0 unspecified atom stereocenters. The number of aromatic nitrogens is 2. The van der Waals surface area contributed by atoms with Gasteiger partial charge in [0, 0.05) is 10.9 Å². The van der Waals surface area contributed by atoms with Gasteiger partial charge in [0.2, 0.25) is 0 Å². The first-order valence-corrected chi connectivity index (χ1v) is 5.81. The van der Waals surface area contributed by atoms with Crippen molar-refractivity contribution >= 4 is 11.0 Å². The van der Waals surface area contributed by atoms with E-state index < -0.39 is 0 Å². The Balaban J connectivity index is 2.27. The predicted octanol–water partition coefficient (Wildman–Crippen LogP) is 2.94. The smallest absolute Gasteiger partial charge is 0.254 e. The highest BCUT2D eigenvalue weighted by Crippen LogP contribution is 2.27. The highest BCUT2D eigenvalue weighted by Gasteiger charge is 2.13. The summed E-state index contributed by atoms with van der Waals surface area (Å²) in [4.78, 5) is 18.6. The quantitative estimate of drug-likeness (QED) is 0.730. The molecule has 0 bridgehead atoms. The molecule has 2 heterocycles. The maximum absolute atomic E-state index is 13.1. The van der Waals surface area contributed by atoms with E-state index in [0.717, 1.165) is 0 Å². The van der Waals surface area contributed by atoms with Crippen molar-refractivity contribution in [2.45, 2.75) is 13.8 Å². The third-order valence-corrected chi connectivity index (χ3v) is 2.98. The van der Waals surface area contributed by atoms with Crippen LogP contribution in [0.5, 0.6) is 0 Å². The maximum atomic E-state index is 13.1. The monoisotopic (exact) mass is 258 g/mol. The average molecular weight is 258 g/mol. The third kappa shape index (κ3) is 1.93. The van der Waals surface area contributed by atoms with Crippen molar-refractivity contribution in [2.75, 3.05) is 0 Å². The van der Waals surface area contributed by atoms with E-state index in [9.17, 15) is 9.18 Å². The zero-order valence-corrected chi connectivity index (χ0v) is 10.5. The van der Waals surface area contributed by atoms with E-state index >= 15 is 0 Å². The molecular weight excluding hydrogens is 247 g/mol. The zero-order chi connectivity index (χ0) is 13.6. The predicted molar refractivity (Wildman–Crippen MR) is 69.5 cm³/mol. The number of aromatic amines is 1. The number of fused-ring (bicyclic) bond motifs is 1. The minimum Gasteiger partial charge on any atom is -0.454 e. The van der Waals surface area contributed by atoms with E-state index in [1.165, 1.54) is 12.1 Å². The van der Waals surface area contributed by atoms with Gasteiger partial charge in [-0.3, -0.25) is 4.79 Å². The molecule has 19 heavy (non-hydrogen) atoms. The zero-order valence-electron chi connectivity index (χ0n) is 10.5. The van der Waals surface area contributed by atoms with Gasteiger partial charge in [-0.05, 0) is 38.1 Å². The normalized spacial score (nSPS) is 11.1. The van der Waals surface area contributed by atoms with Crippen molar-refractivity contribution in [2.24, 2.45) is 0 Å². The molecule has 1 aromatic carbocycles. The summed E-state index contributed by atoms with van der Waals surface area (Å²) in [6.45, 7) is 3.38. The minimum absolute atomic E-state index is 0.200. The molecule has 0 aliphatic heterocycles. The van der Waals surface area contributed by atoms with Crippen molar-refractivity contribution in [3.8, 4) is 11.5 Å². The summed E-state index contributed by atoms with van der Waals surface area (Å²) in [7, 11) is 0. The molecule has 0 radical (unpaired) electrons. The van der Waals surface area contributed by atoms with E-state index in [0.29, 0.717) is 33.8 Å². The van der Waals surface area contributed by atoms with Crippen LogP contribution in [0.15, 0.2) is 33.5 Å². The minimum atomic E-state index is -0.327. The van der Waals surface area contributed by atoms with Crippen molar-refractivity contribution in [3.05, 3.63) is 51.8 Å². The largest absolute Gasteiger partial charge is 0.454 e. The van der Waals surface area contributed by atoms with Crippen LogP contribution in [0.3, 0.4) is 0 Å². The molecule has 0 aliphatic carbocycles. The molecule has 5 heteroatoms. The molecule has 96 valence electrons. The van der Waals surface area contributed by atoms with Gasteiger partial charge >= 0.3 is 0 Å². The van der Waals surface area contributed by atoms with Gasteiger partial charge in [0.05, 0.1) is 0 Å². The van der Waals surface area contributed by atoms with Gasteiger partial charge in [-0.1, -0.05) is 0 Å². The fourth-order valence-corrected chi connectivity index (χ4v) is 2.02. The molecule has 0 fully saturated rings. The van der Waals surface area contributed by atoms with Crippen LogP contribution in [-0.4, -0.2) is 9.97 Å². The van der Waals surface area contributed by atoms with Crippen LogP contribution in [0, 0.1) is 19.7 Å². The van der Waals surface area contributed by atoms with E-state index in [4.69, 9.17) is 4.42 Å². The van der Waals surface area contributed by atoms with Crippen molar-refractivity contribution < 1.29 is 8.81 Å². The Bertz CT molecular complexity index is 833. The van der Waals surface area contributed by atoms with Gasteiger partial charge in [-0.25, -0.2) is 9.37 Å². The molecule has 3 aromatic rings. The molecule has 4 nitrogen and oxygen atoms in total. The summed E-state index contributed by atoms with van der Waals surface area (Å²) in [5.74, 6) is 0.649. The van der Waals surface area contributed by atoms with E-state index in [1.807, 2.05) is 0 Å². The summed E-state index contributed by atoms with van der Waals surface area (Å²) < 4.78 is 18.8. The lowest BCUT2D eigenvalue weighted by Crippen LogP contribution is -2.14. The number of benzene rings is 1. The van der Waals surface area contributed by atoms with Gasteiger partial charge in [-0.2, -0.15) is 0 Å². The first-order valence-electron chi connectivity index (χ1n) is 5.81. The van der Waals surface area contributed by atoms with E-state index in [2.05, 4.69) is 9.97 Å². The summed E-state index contributed by atoms with van der Waals surface area (Å²) in [6, 6.07) is 5.97. The molecule has 1 N–H and O–H groups in total. The SMILES string of the molecule is Cc1nc(-c2cc3cc(F)ccc3o2)c(C)c(=O)[nH]1. The number of aryl methyl sites for hydroxylation is 1. The van der Waals surface area contributed by atoms with Gasteiger partial charge in [0.25, 0.3) is 5.56 Å². The highest BCUT2D eigenvalue weighted by molar-refractivity contribution is 5.82. The average Bonchev–Trinajstić information content (AvgIpc) is 2.76. The molecule has 0 saturated heterocycles. The first kappa shape index (κ1) is 11.6. The number of H-pyrrole nitrogens is 1. The van der Waals surface area contributed by atoms with Crippen molar-refractivity contribution in [1.82, 2.24) is 9.97 Å². The number of rotatable bonds is 1. The number of nitrogens with one attached hydrogen (secondary N) is 1. The Hall–Kier alpha value is -2.43. The summed E-state index contributed by atoms with van der Waals surface area (Å²) in [5, 5.41) is 0.647. The Morgan fingerprint density at radius 2 is 2.05 bits per heavy atom. The van der Waals surface area contributed by atoms with E-state index in [1.54, 1.807) is 26.0 Å². The van der Waals surface area contributed by atoms with Crippen LogP contribution in [0.25, 0.3) is 22.4 Å². The lowest BCUT2D eigenvalue weighted by atomic mass is 10.2. The Kier molecular flexibility index (Phi) is 2.48. The Morgan fingerprint density at radius 1 is 1.26 bits per heavy atom. The van der Waals surface area contributed by atoms with Gasteiger partial charge in [-0.15, -0.1) is 0 Å². The lowest BCUT2D eigenvalue weighted by molar-refractivity contribution is 0.617. The third-order valence-electron chi connectivity index (χ3n) is 2.98. The topological polar surface area (TPSA) is 58.9 Å². The first-order chi connectivity index (χ1) is 9.04. The second-order valence-electron chi connectivity index (χ2n) is 4.42. The van der Waals surface area contributed by atoms with Crippen LogP contribution in [0.4, 0.5) is 4.39 Å².